The van der Waals surface area contributed by atoms with Crippen molar-refractivity contribution in [3.8, 4) is 0 Å². The maximum atomic E-state index is 11.3. The molecule has 2 N–H and O–H groups in total. The highest BCUT2D eigenvalue weighted by Gasteiger charge is 2.35. The molecule has 0 spiro atoms. The van der Waals surface area contributed by atoms with Crippen LogP contribution in [0.2, 0.25) is 0 Å². The number of carbonyl (C=O) groups is 1. The minimum Gasteiger partial charge on any atom is -0.367 e. The average Bonchev–Trinajstić information content (AvgIpc) is 3.00. The fraction of sp³-hybridized carbons (Fsp3) is 0.636. The summed E-state index contributed by atoms with van der Waals surface area (Å²) in [6, 6.07) is -0.129. The van der Waals surface area contributed by atoms with Crippen molar-refractivity contribution in [3.63, 3.8) is 0 Å². The van der Waals surface area contributed by atoms with E-state index in [1.165, 1.54) is 6.20 Å². The molecule has 0 radical (unpaired) electrons. The first-order valence-corrected chi connectivity index (χ1v) is 5.44. The lowest BCUT2D eigenvalue weighted by molar-refractivity contribution is -0.115. The summed E-state index contributed by atoms with van der Waals surface area (Å²) >= 11 is 0. The minimum absolute atomic E-state index is 0.129. The van der Waals surface area contributed by atoms with E-state index in [1.54, 1.807) is 6.21 Å². The maximum absolute atomic E-state index is 11.3. The third-order valence-corrected chi connectivity index (χ3v) is 2.79. The molecule has 2 aliphatic rings. The van der Waals surface area contributed by atoms with Crippen molar-refractivity contribution in [1.29, 1.82) is 0 Å². The second kappa shape index (κ2) is 4.35. The van der Waals surface area contributed by atoms with Gasteiger partial charge in [-0.15, -0.1) is 0 Å². The third kappa shape index (κ3) is 2.31. The molecule has 88 valence electrons. The molecule has 0 aromatic heterocycles. The van der Waals surface area contributed by atoms with Gasteiger partial charge in [-0.2, -0.15) is 0 Å². The summed E-state index contributed by atoms with van der Waals surface area (Å²) in [5, 5.41) is 0. The number of carbonyl (C=O) groups excluding carboxylic acids is 1. The molecule has 16 heavy (non-hydrogen) atoms. The summed E-state index contributed by atoms with van der Waals surface area (Å²) in [6.07, 6.45) is 5.62. The number of amides is 1. The molecule has 0 aromatic carbocycles. The predicted octanol–water partition coefficient (Wildman–Crippen LogP) is -0.0822. The van der Waals surface area contributed by atoms with E-state index in [1.807, 2.05) is 19.0 Å². The molecule has 1 heterocycles. The van der Waals surface area contributed by atoms with Gasteiger partial charge in [0.25, 0.3) is 0 Å². The Hall–Kier alpha value is -1.20. The Labute approximate surface area is 95.0 Å². The molecule has 0 bridgehead atoms. The van der Waals surface area contributed by atoms with Gasteiger partial charge in [0.2, 0.25) is 5.91 Å². The number of likely N-dealkylation sites (N-methyl/N-ethyl adjacent to an activating group) is 1. The first-order valence-electron chi connectivity index (χ1n) is 5.44. The first kappa shape index (κ1) is 11.3. The molecule has 2 rings (SSSR count). The van der Waals surface area contributed by atoms with E-state index < -0.39 is 5.91 Å². The highest BCUT2D eigenvalue weighted by Crippen LogP contribution is 2.28. The van der Waals surface area contributed by atoms with Gasteiger partial charge in [0.15, 0.2) is 0 Å². The van der Waals surface area contributed by atoms with Crippen molar-refractivity contribution in [2.75, 3.05) is 14.1 Å². The van der Waals surface area contributed by atoms with Crippen LogP contribution in [0, 0.1) is 0 Å². The maximum Gasteiger partial charge on any atom is 0.247 e. The molecule has 0 saturated heterocycles. The zero-order chi connectivity index (χ0) is 11.7. The zero-order valence-electron chi connectivity index (χ0n) is 9.59. The molecule has 2 atom stereocenters. The number of aliphatic imine (C=N–C) groups is 1. The fourth-order valence-corrected chi connectivity index (χ4v) is 1.86. The standard InChI is InChI=1S/C11H17N3O2/c1-14(2)10-8(11(12)15)5-13-6-9(10)16-7-3-4-7/h5-7,9-10H,3-4H2,1-2H3,(H2,12,15). The lowest BCUT2D eigenvalue weighted by atomic mass is 9.99. The molecule has 1 saturated carbocycles. The lowest BCUT2D eigenvalue weighted by Gasteiger charge is -2.32. The monoisotopic (exact) mass is 223 g/mol. The number of hydrogen-bond donors (Lipinski definition) is 1. The summed E-state index contributed by atoms with van der Waals surface area (Å²) in [7, 11) is 3.81. The highest BCUT2D eigenvalue weighted by molar-refractivity contribution is 5.95. The van der Waals surface area contributed by atoms with Crippen molar-refractivity contribution in [1.82, 2.24) is 4.90 Å². The van der Waals surface area contributed by atoms with Crippen LogP contribution in [0.4, 0.5) is 0 Å². The fourth-order valence-electron chi connectivity index (χ4n) is 1.86. The van der Waals surface area contributed by atoms with Crippen LogP contribution < -0.4 is 5.73 Å². The summed E-state index contributed by atoms with van der Waals surface area (Å²) in [5.41, 5.74) is 5.85. The zero-order valence-corrected chi connectivity index (χ0v) is 9.59. The van der Waals surface area contributed by atoms with Crippen molar-refractivity contribution in [2.45, 2.75) is 31.1 Å². The van der Waals surface area contributed by atoms with Crippen LogP contribution in [-0.2, 0) is 9.53 Å². The Morgan fingerprint density at radius 1 is 1.56 bits per heavy atom. The molecule has 2 unspecified atom stereocenters. The number of rotatable bonds is 4. The van der Waals surface area contributed by atoms with Crippen LogP contribution in [0.5, 0.6) is 0 Å². The third-order valence-electron chi connectivity index (χ3n) is 2.79. The molecular weight excluding hydrogens is 206 g/mol. The van der Waals surface area contributed by atoms with Gasteiger partial charge < -0.3 is 10.5 Å². The molecule has 5 heteroatoms. The first-order chi connectivity index (χ1) is 7.59. The van der Waals surface area contributed by atoms with Crippen molar-refractivity contribution >= 4 is 12.1 Å². The van der Waals surface area contributed by atoms with Crippen LogP contribution in [0.25, 0.3) is 0 Å². The molecule has 5 nitrogen and oxygen atoms in total. The number of hydrogen-bond acceptors (Lipinski definition) is 4. The highest BCUT2D eigenvalue weighted by atomic mass is 16.5. The molecule has 1 amide bonds. The largest absolute Gasteiger partial charge is 0.367 e. The topological polar surface area (TPSA) is 67.9 Å². The average molecular weight is 223 g/mol. The Morgan fingerprint density at radius 3 is 2.75 bits per heavy atom. The van der Waals surface area contributed by atoms with Gasteiger partial charge >= 0.3 is 0 Å². The van der Waals surface area contributed by atoms with Crippen LogP contribution >= 0.6 is 0 Å². The predicted molar refractivity (Wildman–Crippen MR) is 61.1 cm³/mol. The van der Waals surface area contributed by atoms with Crippen molar-refractivity contribution in [3.05, 3.63) is 11.8 Å². The van der Waals surface area contributed by atoms with Gasteiger partial charge in [-0.05, 0) is 26.9 Å². The van der Waals surface area contributed by atoms with Gasteiger partial charge in [0.05, 0.1) is 17.7 Å². The molecule has 1 fully saturated rings. The van der Waals surface area contributed by atoms with E-state index in [-0.39, 0.29) is 12.1 Å². The van der Waals surface area contributed by atoms with Crippen LogP contribution in [-0.4, -0.2) is 49.4 Å². The number of nitrogens with two attached hydrogens (primary N) is 1. The smallest absolute Gasteiger partial charge is 0.247 e. The molecule has 0 aromatic rings. The summed E-state index contributed by atoms with van der Waals surface area (Å²) in [6.45, 7) is 0. The SMILES string of the molecule is CN(C)C1C(C(N)=O)=CN=CC1OC1CC1. The summed E-state index contributed by atoms with van der Waals surface area (Å²) in [4.78, 5) is 17.3. The van der Waals surface area contributed by atoms with Gasteiger partial charge in [0.1, 0.15) is 6.10 Å². The van der Waals surface area contributed by atoms with E-state index in [4.69, 9.17) is 10.5 Å². The second-order valence-electron chi connectivity index (χ2n) is 4.46. The van der Waals surface area contributed by atoms with E-state index in [0.29, 0.717) is 11.7 Å². The van der Waals surface area contributed by atoms with Gasteiger partial charge in [-0.1, -0.05) is 0 Å². The van der Waals surface area contributed by atoms with E-state index >= 15 is 0 Å². The number of primary amides is 1. The molecule has 1 aliphatic carbocycles. The van der Waals surface area contributed by atoms with Gasteiger partial charge in [0, 0.05) is 12.4 Å². The van der Waals surface area contributed by atoms with Gasteiger partial charge in [-0.3, -0.25) is 14.7 Å². The normalized spacial score (nSPS) is 29.3. The minimum atomic E-state index is -0.431. The van der Waals surface area contributed by atoms with Gasteiger partial charge in [-0.25, -0.2) is 0 Å². The van der Waals surface area contributed by atoms with Crippen molar-refractivity contribution < 1.29 is 9.53 Å². The van der Waals surface area contributed by atoms with Crippen LogP contribution in [0.1, 0.15) is 12.8 Å². The molecule has 1 aliphatic heterocycles. The number of ether oxygens (including phenoxy) is 1. The van der Waals surface area contributed by atoms with E-state index in [0.717, 1.165) is 12.8 Å². The molecular formula is C11H17N3O2. The van der Waals surface area contributed by atoms with Crippen LogP contribution in [0.3, 0.4) is 0 Å². The Balaban J connectivity index is 2.16. The Kier molecular flexibility index (Phi) is 3.07. The van der Waals surface area contributed by atoms with E-state index in [2.05, 4.69) is 4.99 Å². The van der Waals surface area contributed by atoms with Crippen molar-refractivity contribution in [2.24, 2.45) is 10.7 Å². The van der Waals surface area contributed by atoms with Crippen LogP contribution in [0.15, 0.2) is 16.8 Å². The lowest BCUT2D eigenvalue weighted by Crippen LogP contribution is -2.47. The summed E-state index contributed by atoms with van der Waals surface area (Å²) in [5.74, 6) is -0.431. The van der Waals surface area contributed by atoms with E-state index in [9.17, 15) is 4.79 Å². The Bertz CT molecular complexity index is 345. The quantitative estimate of drug-likeness (QED) is 0.724. The summed E-state index contributed by atoms with van der Waals surface area (Å²) < 4.78 is 5.82. The number of nitrogens with zero attached hydrogens (tertiary/aromatic N) is 2. The Morgan fingerprint density at radius 2 is 2.25 bits per heavy atom. The second-order valence-corrected chi connectivity index (χ2v) is 4.46.